The highest BCUT2D eigenvalue weighted by molar-refractivity contribution is 5.23. The van der Waals surface area contributed by atoms with Crippen molar-refractivity contribution in [3.8, 4) is 0 Å². The van der Waals surface area contributed by atoms with Crippen molar-refractivity contribution in [1.29, 1.82) is 0 Å². The van der Waals surface area contributed by atoms with Crippen molar-refractivity contribution in [2.24, 2.45) is 5.73 Å². The van der Waals surface area contributed by atoms with Gasteiger partial charge in [-0.2, -0.15) is 0 Å². The van der Waals surface area contributed by atoms with Gasteiger partial charge in [0.05, 0.1) is 18.8 Å². The van der Waals surface area contributed by atoms with E-state index in [2.05, 4.69) is 30.8 Å². The molecule has 0 amide bonds. The molecule has 0 radical (unpaired) electrons. The summed E-state index contributed by atoms with van der Waals surface area (Å²) in [6.07, 6.45) is 10.6. The first-order valence-corrected chi connectivity index (χ1v) is 8.33. The van der Waals surface area contributed by atoms with Gasteiger partial charge in [0.2, 0.25) is 0 Å². The molecule has 1 aromatic carbocycles. The highest BCUT2D eigenvalue weighted by atomic mass is 16.3. The quantitative estimate of drug-likeness (QED) is 0.411. The van der Waals surface area contributed by atoms with E-state index in [-0.39, 0.29) is 13.2 Å². The molecule has 0 aromatic heterocycles. The Balaban J connectivity index is 2.29. The Kier molecular flexibility index (Phi) is 9.05. The van der Waals surface area contributed by atoms with E-state index in [9.17, 15) is 10.2 Å². The monoisotopic (exact) mass is 305 g/mol. The molecule has 0 aliphatic carbocycles. The Morgan fingerprint density at radius 3 is 2.00 bits per heavy atom. The molecular weight excluding hydrogens is 274 g/mol. The third kappa shape index (κ3) is 7.21. The van der Waals surface area contributed by atoms with Gasteiger partial charge < -0.3 is 15.9 Å². The topological polar surface area (TPSA) is 66.5 Å². The molecule has 0 atom stereocenters. The number of hydrogen-bond donors (Lipinski definition) is 3. The van der Waals surface area contributed by atoms with E-state index in [0.717, 1.165) is 19.3 Å². The average molecular weight is 305 g/mol. The second-order valence-electron chi connectivity index (χ2n) is 6.24. The number of allylic oxidation sites excluding steroid dienone is 1. The summed E-state index contributed by atoms with van der Waals surface area (Å²) in [5.41, 5.74) is 7.58. The lowest BCUT2D eigenvalue weighted by atomic mass is 9.93. The van der Waals surface area contributed by atoms with Crippen LogP contribution >= 0.6 is 0 Å². The SMILES string of the molecule is C=CCCCCCCc1ccc(CCC(N)(CO)CO)cc1. The number of benzene rings is 1. The van der Waals surface area contributed by atoms with Crippen molar-refractivity contribution in [3.05, 3.63) is 48.0 Å². The number of aryl methyl sites for hydroxylation is 2. The molecule has 3 nitrogen and oxygen atoms in total. The summed E-state index contributed by atoms with van der Waals surface area (Å²) < 4.78 is 0. The van der Waals surface area contributed by atoms with Crippen LogP contribution in [0.25, 0.3) is 0 Å². The predicted octanol–water partition coefficient (Wildman–Crippen LogP) is 2.98. The van der Waals surface area contributed by atoms with E-state index in [0.29, 0.717) is 6.42 Å². The summed E-state index contributed by atoms with van der Waals surface area (Å²) in [5.74, 6) is 0. The number of unbranched alkanes of at least 4 members (excludes halogenated alkanes) is 4. The summed E-state index contributed by atoms with van der Waals surface area (Å²) in [6, 6.07) is 8.61. The largest absolute Gasteiger partial charge is 0.394 e. The predicted molar refractivity (Wildman–Crippen MR) is 92.8 cm³/mol. The van der Waals surface area contributed by atoms with Gasteiger partial charge in [-0.3, -0.25) is 0 Å². The highest BCUT2D eigenvalue weighted by Gasteiger charge is 2.22. The fourth-order valence-electron chi connectivity index (χ4n) is 2.45. The van der Waals surface area contributed by atoms with Gasteiger partial charge in [-0.15, -0.1) is 6.58 Å². The molecule has 0 fully saturated rings. The van der Waals surface area contributed by atoms with E-state index in [1.165, 1.54) is 36.8 Å². The summed E-state index contributed by atoms with van der Waals surface area (Å²) in [7, 11) is 0. The fourth-order valence-corrected chi connectivity index (χ4v) is 2.45. The lowest BCUT2D eigenvalue weighted by molar-refractivity contribution is 0.115. The third-order valence-corrected chi connectivity index (χ3v) is 4.19. The Morgan fingerprint density at radius 1 is 0.909 bits per heavy atom. The molecule has 0 unspecified atom stereocenters. The molecule has 0 saturated heterocycles. The van der Waals surface area contributed by atoms with E-state index in [4.69, 9.17) is 5.73 Å². The molecule has 0 saturated carbocycles. The second-order valence-corrected chi connectivity index (χ2v) is 6.24. The number of rotatable bonds is 12. The highest BCUT2D eigenvalue weighted by Crippen LogP contribution is 2.14. The minimum Gasteiger partial charge on any atom is -0.394 e. The average Bonchev–Trinajstić information content (AvgIpc) is 2.57. The van der Waals surface area contributed by atoms with Crippen molar-refractivity contribution >= 4 is 0 Å². The minimum atomic E-state index is -0.871. The summed E-state index contributed by atoms with van der Waals surface area (Å²) >= 11 is 0. The maximum atomic E-state index is 9.19. The molecule has 4 N–H and O–H groups in total. The van der Waals surface area contributed by atoms with E-state index in [1.807, 2.05) is 6.08 Å². The van der Waals surface area contributed by atoms with Gasteiger partial charge in [-0.05, 0) is 49.7 Å². The lowest BCUT2D eigenvalue weighted by Gasteiger charge is -2.24. The van der Waals surface area contributed by atoms with E-state index >= 15 is 0 Å². The van der Waals surface area contributed by atoms with Gasteiger partial charge in [0.25, 0.3) is 0 Å². The molecule has 0 spiro atoms. The molecule has 0 aliphatic heterocycles. The van der Waals surface area contributed by atoms with Crippen LogP contribution in [0.3, 0.4) is 0 Å². The van der Waals surface area contributed by atoms with Crippen molar-refractivity contribution < 1.29 is 10.2 Å². The first kappa shape index (κ1) is 18.9. The molecule has 124 valence electrons. The van der Waals surface area contributed by atoms with Crippen molar-refractivity contribution in [2.75, 3.05) is 13.2 Å². The normalized spacial score (nSPS) is 11.6. The van der Waals surface area contributed by atoms with Gasteiger partial charge in [-0.25, -0.2) is 0 Å². The van der Waals surface area contributed by atoms with Gasteiger partial charge in [-0.1, -0.05) is 43.2 Å². The Hall–Kier alpha value is -1.16. The van der Waals surface area contributed by atoms with Crippen LogP contribution in [0.1, 0.15) is 49.7 Å². The van der Waals surface area contributed by atoms with Crippen LogP contribution in [0, 0.1) is 0 Å². The van der Waals surface area contributed by atoms with Gasteiger partial charge in [0.1, 0.15) is 0 Å². The Morgan fingerprint density at radius 2 is 1.45 bits per heavy atom. The number of hydrogen-bond acceptors (Lipinski definition) is 3. The van der Waals surface area contributed by atoms with Crippen LogP contribution < -0.4 is 5.73 Å². The summed E-state index contributed by atoms with van der Waals surface area (Å²) in [6.45, 7) is 3.37. The van der Waals surface area contributed by atoms with E-state index in [1.54, 1.807) is 0 Å². The van der Waals surface area contributed by atoms with Crippen LogP contribution in [-0.4, -0.2) is 29.0 Å². The van der Waals surface area contributed by atoms with Crippen LogP contribution in [0.5, 0.6) is 0 Å². The smallest absolute Gasteiger partial charge is 0.0633 e. The summed E-state index contributed by atoms with van der Waals surface area (Å²) in [5, 5.41) is 18.4. The first-order chi connectivity index (χ1) is 10.6. The van der Waals surface area contributed by atoms with Crippen molar-refractivity contribution in [1.82, 2.24) is 0 Å². The van der Waals surface area contributed by atoms with Crippen LogP contribution in [0.15, 0.2) is 36.9 Å². The standard InChI is InChI=1S/C19H31NO2/c1-2-3-4-5-6-7-8-17-9-11-18(12-10-17)13-14-19(20,15-21)16-22/h2,9-12,21-22H,1,3-8,13-16,20H2. The fraction of sp³-hybridized carbons (Fsp3) is 0.579. The molecule has 1 aromatic rings. The molecule has 0 bridgehead atoms. The van der Waals surface area contributed by atoms with Crippen LogP contribution in [0.4, 0.5) is 0 Å². The zero-order chi connectivity index (χ0) is 16.3. The van der Waals surface area contributed by atoms with Gasteiger partial charge in [0, 0.05) is 0 Å². The number of aliphatic hydroxyl groups is 2. The number of nitrogens with two attached hydrogens (primary N) is 1. The maximum absolute atomic E-state index is 9.19. The maximum Gasteiger partial charge on any atom is 0.0633 e. The molecule has 1 rings (SSSR count). The van der Waals surface area contributed by atoms with Crippen molar-refractivity contribution in [3.63, 3.8) is 0 Å². The molecule has 0 aliphatic rings. The zero-order valence-corrected chi connectivity index (χ0v) is 13.6. The lowest BCUT2D eigenvalue weighted by Crippen LogP contribution is -2.47. The number of aliphatic hydroxyl groups excluding tert-OH is 2. The zero-order valence-electron chi connectivity index (χ0n) is 13.6. The minimum absolute atomic E-state index is 0.187. The Bertz CT molecular complexity index is 410. The van der Waals surface area contributed by atoms with E-state index < -0.39 is 5.54 Å². The molecule has 22 heavy (non-hydrogen) atoms. The van der Waals surface area contributed by atoms with Gasteiger partial charge in [0.15, 0.2) is 0 Å². The van der Waals surface area contributed by atoms with Crippen molar-refractivity contribution in [2.45, 2.75) is 56.9 Å². The first-order valence-electron chi connectivity index (χ1n) is 8.33. The van der Waals surface area contributed by atoms with Gasteiger partial charge >= 0.3 is 0 Å². The second kappa shape index (κ2) is 10.5. The Labute approximate surface area is 134 Å². The molecule has 0 heterocycles. The summed E-state index contributed by atoms with van der Waals surface area (Å²) in [4.78, 5) is 0. The third-order valence-electron chi connectivity index (χ3n) is 4.19. The van der Waals surface area contributed by atoms with Crippen LogP contribution in [0.2, 0.25) is 0 Å². The molecular formula is C19H31NO2. The van der Waals surface area contributed by atoms with Crippen LogP contribution in [-0.2, 0) is 12.8 Å². The molecule has 3 heteroatoms.